The molecule has 0 spiro atoms. The van der Waals surface area contributed by atoms with E-state index in [4.69, 9.17) is 4.74 Å². The summed E-state index contributed by atoms with van der Waals surface area (Å²) in [5, 5.41) is 4.66. The molecule has 152 valence electrons. The highest BCUT2D eigenvalue weighted by Gasteiger charge is 2.39. The van der Waals surface area contributed by atoms with Crippen molar-refractivity contribution in [1.29, 1.82) is 0 Å². The van der Waals surface area contributed by atoms with E-state index in [1.807, 2.05) is 17.5 Å². The lowest BCUT2D eigenvalue weighted by atomic mass is 9.87. The summed E-state index contributed by atoms with van der Waals surface area (Å²) in [4.78, 5) is 27.9. The number of hydrogen-bond donors (Lipinski definition) is 1. The Morgan fingerprint density at radius 1 is 1.24 bits per heavy atom. The van der Waals surface area contributed by atoms with Gasteiger partial charge in [0.1, 0.15) is 18.4 Å². The molecule has 0 aliphatic carbocycles. The van der Waals surface area contributed by atoms with Crippen molar-refractivity contribution in [2.45, 2.75) is 58.2 Å². The molecule has 2 amide bonds. The number of benzene rings is 1. The number of amides is 2. The predicted octanol–water partition coefficient (Wildman–Crippen LogP) is 4.37. The lowest BCUT2D eigenvalue weighted by Gasteiger charge is -2.31. The van der Waals surface area contributed by atoms with E-state index in [9.17, 15) is 9.59 Å². The average Bonchev–Trinajstić information content (AvgIpc) is 3.20. The molecule has 0 saturated carbocycles. The number of carbonyl (C=O) groups excluding carboxylic acids is 2. The van der Waals surface area contributed by atoms with E-state index in [-0.39, 0.29) is 17.2 Å². The largest absolute Gasteiger partial charge is 0.488 e. The summed E-state index contributed by atoms with van der Waals surface area (Å²) in [5.41, 5.74) is 3.78. The van der Waals surface area contributed by atoms with E-state index < -0.39 is 6.04 Å². The molecule has 6 heteroatoms. The van der Waals surface area contributed by atoms with Crippen LogP contribution in [-0.4, -0.2) is 22.8 Å². The summed E-state index contributed by atoms with van der Waals surface area (Å²) in [7, 11) is 0. The average molecular weight is 411 g/mol. The quantitative estimate of drug-likeness (QED) is 0.814. The molecule has 0 unspecified atom stereocenters. The normalized spacial score (nSPS) is 19.3. The minimum atomic E-state index is -0.427. The highest BCUT2D eigenvalue weighted by Crippen LogP contribution is 2.35. The minimum Gasteiger partial charge on any atom is -0.488 e. The molecule has 1 N–H and O–H groups in total. The number of nitrogens with zero attached hydrogens (tertiary/aromatic N) is 1. The number of hydrogen-bond acceptors (Lipinski definition) is 4. The molecule has 4 rings (SSSR count). The fourth-order valence-corrected chi connectivity index (χ4v) is 4.75. The molecule has 2 aliphatic heterocycles. The molecule has 0 bridgehead atoms. The van der Waals surface area contributed by atoms with Crippen molar-refractivity contribution in [3.8, 4) is 5.75 Å². The van der Waals surface area contributed by atoms with E-state index in [0.29, 0.717) is 31.6 Å². The van der Waals surface area contributed by atoms with Gasteiger partial charge >= 0.3 is 0 Å². The van der Waals surface area contributed by atoms with Gasteiger partial charge in [-0.2, -0.15) is 0 Å². The maximum Gasteiger partial charge on any atom is 0.256 e. The molecule has 1 aromatic heterocycles. The molecular formula is C23H26N2O3S. The molecule has 3 heterocycles. The molecule has 2 aromatic rings. The van der Waals surface area contributed by atoms with Crippen LogP contribution in [0.3, 0.4) is 0 Å². The van der Waals surface area contributed by atoms with E-state index in [0.717, 1.165) is 21.9 Å². The van der Waals surface area contributed by atoms with Gasteiger partial charge in [0, 0.05) is 28.1 Å². The fourth-order valence-electron chi connectivity index (χ4n) is 3.80. The second-order valence-electron chi connectivity index (χ2n) is 8.69. The van der Waals surface area contributed by atoms with Crippen LogP contribution in [-0.2, 0) is 23.4 Å². The van der Waals surface area contributed by atoms with Crippen molar-refractivity contribution < 1.29 is 14.3 Å². The van der Waals surface area contributed by atoms with Crippen LogP contribution in [0.5, 0.6) is 5.75 Å². The van der Waals surface area contributed by atoms with Crippen LogP contribution in [0, 0.1) is 0 Å². The van der Waals surface area contributed by atoms with Crippen LogP contribution in [0.2, 0.25) is 0 Å². The summed E-state index contributed by atoms with van der Waals surface area (Å²) < 4.78 is 5.98. The first-order valence-corrected chi connectivity index (χ1v) is 10.7. The van der Waals surface area contributed by atoms with Crippen LogP contribution >= 0.6 is 11.3 Å². The molecule has 1 atom stereocenters. The Balaban J connectivity index is 1.44. The number of piperidine rings is 1. The molecule has 2 aliphatic rings. The summed E-state index contributed by atoms with van der Waals surface area (Å²) in [5.74, 6) is 0.608. The highest BCUT2D eigenvalue weighted by atomic mass is 32.1. The zero-order valence-electron chi connectivity index (χ0n) is 17.1. The van der Waals surface area contributed by atoms with Gasteiger partial charge in [0.15, 0.2) is 0 Å². The lowest BCUT2D eigenvalue weighted by Crippen LogP contribution is -2.49. The minimum absolute atomic E-state index is 0.0651. The first-order chi connectivity index (χ1) is 13.7. The Kier molecular flexibility index (Phi) is 4.99. The third kappa shape index (κ3) is 3.81. The molecule has 5 nitrogen and oxygen atoms in total. The second-order valence-corrected chi connectivity index (χ2v) is 9.66. The zero-order valence-corrected chi connectivity index (χ0v) is 17.9. The van der Waals surface area contributed by atoms with Gasteiger partial charge in [-0.1, -0.05) is 39.5 Å². The lowest BCUT2D eigenvalue weighted by molar-refractivity contribution is -0.126. The Morgan fingerprint density at radius 3 is 2.62 bits per heavy atom. The van der Waals surface area contributed by atoms with Crippen molar-refractivity contribution in [3.63, 3.8) is 0 Å². The smallest absolute Gasteiger partial charge is 0.256 e. The van der Waals surface area contributed by atoms with Crippen molar-refractivity contribution in [3.05, 3.63) is 63.5 Å². The summed E-state index contributed by atoms with van der Waals surface area (Å²) in [6.07, 6.45) is 1.32. The highest BCUT2D eigenvalue weighted by molar-refractivity contribution is 7.10. The van der Waals surface area contributed by atoms with Gasteiger partial charge in [-0.05, 0) is 36.0 Å². The van der Waals surface area contributed by atoms with Gasteiger partial charge < -0.3 is 15.0 Å². The van der Waals surface area contributed by atoms with Crippen molar-refractivity contribution in [2.75, 3.05) is 0 Å². The summed E-state index contributed by atoms with van der Waals surface area (Å²) >= 11 is 1.55. The van der Waals surface area contributed by atoms with E-state index in [1.54, 1.807) is 16.2 Å². The maximum absolute atomic E-state index is 12.8. The first-order valence-electron chi connectivity index (χ1n) is 9.86. The summed E-state index contributed by atoms with van der Waals surface area (Å²) in [6.45, 7) is 11.2. The Labute approximate surface area is 175 Å². The fraction of sp³-hybridized carbons (Fsp3) is 0.391. The molecule has 1 fully saturated rings. The van der Waals surface area contributed by atoms with Gasteiger partial charge in [-0.15, -0.1) is 11.3 Å². The number of thiophene rings is 1. The number of fused-ring (bicyclic) bond motifs is 1. The third-order valence-electron chi connectivity index (χ3n) is 5.59. The molecule has 1 aromatic carbocycles. The number of ether oxygens (including phenoxy) is 1. The van der Waals surface area contributed by atoms with E-state index in [2.05, 4.69) is 44.8 Å². The SMILES string of the molecule is C=C1CC[C@H](N2Cc3c(csc3COc3ccc(C(C)(C)C)cc3)C2=O)C(=O)N1. The number of carbonyl (C=O) groups is 2. The molecule has 29 heavy (non-hydrogen) atoms. The third-order valence-corrected chi connectivity index (χ3v) is 6.59. The standard InChI is InChI=1S/C23H26N2O3S/c1-14-5-10-19(21(26)24-14)25-11-17-18(22(25)27)13-29-20(17)12-28-16-8-6-15(7-9-16)23(2,3)4/h6-9,13,19H,1,5,10-12H2,2-4H3,(H,24,26)/t19-/m0/s1. The Bertz CT molecular complexity index is 969. The maximum atomic E-state index is 12.8. The van der Waals surface area contributed by atoms with Crippen LogP contribution in [0.1, 0.15) is 60.0 Å². The van der Waals surface area contributed by atoms with Gasteiger partial charge in [0.2, 0.25) is 5.91 Å². The van der Waals surface area contributed by atoms with Crippen molar-refractivity contribution >= 4 is 23.2 Å². The van der Waals surface area contributed by atoms with E-state index in [1.165, 1.54) is 5.56 Å². The van der Waals surface area contributed by atoms with Gasteiger partial charge in [-0.3, -0.25) is 9.59 Å². The molecule has 0 radical (unpaired) electrons. The van der Waals surface area contributed by atoms with Crippen LogP contribution in [0.15, 0.2) is 41.9 Å². The number of rotatable bonds is 4. The monoisotopic (exact) mass is 410 g/mol. The predicted molar refractivity (Wildman–Crippen MR) is 114 cm³/mol. The Morgan fingerprint density at radius 2 is 1.97 bits per heavy atom. The zero-order chi connectivity index (χ0) is 20.8. The van der Waals surface area contributed by atoms with Gasteiger partial charge in [-0.25, -0.2) is 0 Å². The van der Waals surface area contributed by atoms with Gasteiger partial charge in [0.05, 0.1) is 5.56 Å². The van der Waals surface area contributed by atoms with Crippen LogP contribution < -0.4 is 10.1 Å². The van der Waals surface area contributed by atoms with Crippen LogP contribution in [0.4, 0.5) is 0 Å². The summed E-state index contributed by atoms with van der Waals surface area (Å²) in [6, 6.07) is 7.74. The van der Waals surface area contributed by atoms with Crippen LogP contribution in [0.25, 0.3) is 0 Å². The first kappa shape index (κ1) is 19.7. The Hall–Kier alpha value is -2.60. The topological polar surface area (TPSA) is 58.6 Å². The molecule has 1 saturated heterocycles. The van der Waals surface area contributed by atoms with E-state index >= 15 is 0 Å². The second kappa shape index (κ2) is 7.34. The number of nitrogens with one attached hydrogen (secondary N) is 1. The van der Waals surface area contributed by atoms with Crippen molar-refractivity contribution in [1.82, 2.24) is 10.2 Å². The van der Waals surface area contributed by atoms with Gasteiger partial charge in [0.25, 0.3) is 5.91 Å². The van der Waals surface area contributed by atoms with Crippen molar-refractivity contribution in [2.24, 2.45) is 0 Å². The number of allylic oxidation sites excluding steroid dienone is 1. The molecular weight excluding hydrogens is 384 g/mol.